The van der Waals surface area contributed by atoms with Gasteiger partial charge in [0, 0.05) is 25.0 Å². The van der Waals surface area contributed by atoms with E-state index < -0.39 is 5.54 Å². The van der Waals surface area contributed by atoms with Crippen LogP contribution in [0.3, 0.4) is 0 Å². The van der Waals surface area contributed by atoms with Crippen LogP contribution in [0.1, 0.15) is 23.0 Å². The minimum absolute atomic E-state index is 0.0932. The number of furan rings is 1. The molecule has 25 heavy (non-hydrogen) atoms. The third kappa shape index (κ3) is 3.76. The number of nitrogens with zero attached hydrogens (tertiary/aromatic N) is 3. The van der Waals surface area contributed by atoms with Gasteiger partial charge in [0.15, 0.2) is 0 Å². The molecule has 2 atom stereocenters. The minimum Gasteiger partial charge on any atom is -0.467 e. The molecule has 2 aromatic heterocycles. The highest BCUT2D eigenvalue weighted by Crippen LogP contribution is 2.21. The van der Waals surface area contributed by atoms with Gasteiger partial charge < -0.3 is 19.6 Å². The van der Waals surface area contributed by atoms with Gasteiger partial charge in [-0.05, 0) is 26.1 Å². The summed E-state index contributed by atoms with van der Waals surface area (Å²) in [6.45, 7) is 3.69. The van der Waals surface area contributed by atoms with Gasteiger partial charge in [0.25, 0.3) is 5.91 Å². The zero-order valence-corrected chi connectivity index (χ0v) is 14.5. The number of likely N-dealkylation sites (N-methyl/N-ethyl adjacent to an activating group) is 1. The van der Waals surface area contributed by atoms with E-state index in [0.717, 1.165) is 0 Å². The number of hydrogen-bond acceptors (Lipinski definition) is 6. The Kier molecular flexibility index (Phi) is 5.22. The first kappa shape index (κ1) is 17.7. The van der Waals surface area contributed by atoms with Crippen LogP contribution in [0, 0.1) is 0 Å². The molecule has 3 rings (SSSR count). The highest BCUT2D eigenvalue weighted by molar-refractivity contribution is 5.94. The molecule has 1 aliphatic rings. The topological polar surface area (TPSA) is 92.8 Å². The van der Waals surface area contributed by atoms with E-state index in [1.54, 1.807) is 16.9 Å². The van der Waals surface area contributed by atoms with E-state index in [2.05, 4.69) is 15.3 Å². The predicted molar refractivity (Wildman–Crippen MR) is 90.2 cm³/mol. The van der Waals surface area contributed by atoms with Gasteiger partial charge in [0.2, 0.25) is 0 Å². The van der Waals surface area contributed by atoms with Crippen molar-refractivity contribution in [3.63, 3.8) is 0 Å². The molecule has 8 heteroatoms. The molecule has 1 fully saturated rings. The second-order valence-corrected chi connectivity index (χ2v) is 6.55. The summed E-state index contributed by atoms with van der Waals surface area (Å²) in [5.41, 5.74) is -0.169. The summed E-state index contributed by atoms with van der Waals surface area (Å²) in [7, 11) is 1.94. The number of morpholine rings is 1. The van der Waals surface area contributed by atoms with Crippen LogP contribution in [0.25, 0.3) is 0 Å². The molecule has 0 aliphatic carbocycles. The number of hydrogen-bond donors (Lipinski definition) is 2. The van der Waals surface area contributed by atoms with Crippen molar-refractivity contribution in [1.82, 2.24) is 20.0 Å². The molecule has 0 aromatic carbocycles. The van der Waals surface area contributed by atoms with E-state index in [1.165, 1.54) is 6.26 Å². The summed E-state index contributed by atoms with van der Waals surface area (Å²) in [5, 5.41) is 16.8. The Labute approximate surface area is 146 Å². The molecule has 1 amide bonds. The fourth-order valence-corrected chi connectivity index (χ4v) is 2.97. The van der Waals surface area contributed by atoms with Crippen LogP contribution in [0.4, 0.5) is 0 Å². The molecule has 1 saturated heterocycles. The summed E-state index contributed by atoms with van der Waals surface area (Å²) in [5.74, 6) is 0.410. The van der Waals surface area contributed by atoms with Gasteiger partial charge in [-0.15, -0.1) is 0 Å². The smallest absolute Gasteiger partial charge is 0.254 e. The molecule has 2 aromatic rings. The highest BCUT2D eigenvalue weighted by Gasteiger charge is 2.40. The highest BCUT2D eigenvalue weighted by atomic mass is 16.5. The Hall–Kier alpha value is -2.16. The average molecular weight is 348 g/mol. The molecule has 8 nitrogen and oxygen atoms in total. The molecule has 3 heterocycles. The van der Waals surface area contributed by atoms with Crippen molar-refractivity contribution in [2.75, 3.05) is 33.4 Å². The van der Waals surface area contributed by atoms with E-state index >= 15 is 0 Å². The van der Waals surface area contributed by atoms with Crippen molar-refractivity contribution < 1.29 is 19.1 Å². The first-order chi connectivity index (χ1) is 12.0. The first-order valence-corrected chi connectivity index (χ1v) is 8.29. The first-order valence-electron chi connectivity index (χ1n) is 8.29. The number of aliphatic hydroxyl groups excluding tert-OH is 1. The number of carbonyl (C=O) groups is 1. The maximum absolute atomic E-state index is 12.4. The third-order valence-corrected chi connectivity index (χ3v) is 4.80. The molecule has 136 valence electrons. The maximum atomic E-state index is 12.4. The van der Waals surface area contributed by atoms with E-state index in [-0.39, 0.29) is 18.6 Å². The number of aromatic nitrogens is 2. The second kappa shape index (κ2) is 7.38. The number of aliphatic hydroxyl groups is 1. The maximum Gasteiger partial charge on any atom is 0.254 e. The molecule has 0 spiro atoms. The lowest BCUT2D eigenvalue weighted by Crippen LogP contribution is -2.65. The van der Waals surface area contributed by atoms with Crippen LogP contribution in [-0.4, -0.2) is 70.7 Å². The molecule has 1 aliphatic heterocycles. The summed E-state index contributed by atoms with van der Waals surface area (Å²) < 4.78 is 12.7. The third-order valence-electron chi connectivity index (χ3n) is 4.80. The Morgan fingerprint density at radius 3 is 3.12 bits per heavy atom. The number of ether oxygens (including phenoxy) is 1. The van der Waals surface area contributed by atoms with Gasteiger partial charge in [-0.1, -0.05) is 0 Å². The average Bonchev–Trinajstić information content (AvgIpc) is 3.29. The van der Waals surface area contributed by atoms with Crippen LogP contribution in [0.5, 0.6) is 0 Å². The van der Waals surface area contributed by atoms with Crippen LogP contribution in [0.15, 0.2) is 35.2 Å². The summed E-state index contributed by atoms with van der Waals surface area (Å²) in [6.07, 6.45) is 4.95. The van der Waals surface area contributed by atoms with Crippen LogP contribution in [-0.2, 0) is 11.3 Å². The molecular formula is C17H24N4O4. The van der Waals surface area contributed by atoms with E-state index in [4.69, 9.17) is 9.15 Å². The lowest BCUT2D eigenvalue weighted by atomic mass is 9.96. The van der Waals surface area contributed by atoms with Crippen molar-refractivity contribution in [3.05, 3.63) is 42.1 Å². The zero-order valence-electron chi connectivity index (χ0n) is 14.5. The molecular weight excluding hydrogens is 324 g/mol. The zero-order chi connectivity index (χ0) is 17.9. The quantitative estimate of drug-likeness (QED) is 0.782. The van der Waals surface area contributed by atoms with Gasteiger partial charge in [-0.25, -0.2) is 0 Å². The largest absolute Gasteiger partial charge is 0.467 e. The fourth-order valence-electron chi connectivity index (χ4n) is 2.97. The van der Waals surface area contributed by atoms with Gasteiger partial charge in [-0.3, -0.25) is 14.4 Å². The molecule has 0 radical (unpaired) electrons. The SMILES string of the molecule is C[C@@H]1COC[C@@](CO)(CNC(=O)c2coc(Cn3cccn3)c2)N1C. The van der Waals surface area contributed by atoms with Crippen LogP contribution < -0.4 is 5.32 Å². The van der Waals surface area contributed by atoms with Crippen LogP contribution >= 0.6 is 0 Å². The number of nitrogens with one attached hydrogen (secondary N) is 1. The monoisotopic (exact) mass is 348 g/mol. The number of amides is 1. The lowest BCUT2D eigenvalue weighted by Gasteiger charge is -2.47. The van der Waals surface area contributed by atoms with Gasteiger partial charge in [0.1, 0.15) is 12.0 Å². The Morgan fingerprint density at radius 1 is 1.56 bits per heavy atom. The van der Waals surface area contributed by atoms with Crippen molar-refractivity contribution in [2.24, 2.45) is 0 Å². The minimum atomic E-state index is -0.616. The van der Waals surface area contributed by atoms with E-state index in [0.29, 0.717) is 37.6 Å². The van der Waals surface area contributed by atoms with Crippen molar-refractivity contribution in [2.45, 2.75) is 25.0 Å². The van der Waals surface area contributed by atoms with Crippen LogP contribution in [0.2, 0.25) is 0 Å². The predicted octanol–water partition coefficient (Wildman–Crippen LogP) is 0.336. The lowest BCUT2D eigenvalue weighted by molar-refractivity contribution is -0.105. The molecule has 2 N–H and O–H groups in total. The van der Waals surface area contributed by atoms with Gasteiger partial charge >= 0.3 is 0 Å². The normalized spacial score (nSPS) is 24.4. The standard InChI is InChI=1S/C17H24N4O4/c1-13-8-24-12-17(11-22,20(13)2)10-18-16(23)14-6-15(25-9-14)7-21-5-3-4-19-21/h3-6,9,13,22H,7-8,10-12H2,1-2H3,(H,18,23)/t13-,17+/m1/s1. The molecule has 0 bridgehead atoms. The van der Waals surface area contributed by atoms with Gasteiger partial charge in [0.05, 0.1) is 37.5 Å². The second-order valence-electron chi connectivity index (χ2n) is 6.55. The number of rotatable bonds is 6. The van der Waals surface area contributed by atoms with E-state index in [1.807, 2.05) is 26.2 Å². The Balaban J connectivity index is 1.61. The Morgan fingerprint density at radius 2 is 2.40 bits per heavy atom. The summed E-state index contributed by atoms with van der Waals surface area (Å²) >= 11 is 0. The van der Waals surface area contributed by atoms with Gasteiger partial charge in [-0.2, -0.15) is 5.10 Å². The summed E-state index contributed by atoms with van der Waals surface area (Å²) in [4.78, 5) is 14.5. The van der Waals surface area contributed by atoms with E-state index in [9.17, 15) is 9.90 Å². The summed E-state index contributed by atoms with van der Waals surface area (Å²) in [6, 6.07) is 3.70. The fraction of sp³-hybridized carbons (Fsp3) is 0.529. The van der Waals surface area contributed by atoms with Crippen molar-refractivity contribution in [1.29, 1.82) is 0 Å². The number of carbonyl (C=O) groups excluding carboxylic acids is 1. The molecule has 0 saturated carbocycles. The Bertz CT molecular complexity index is 699. The molecule has 0 unspecified atom stereocenters. The van der Waals surface area contributed by atoms with Crippen molar-refractivity contribution in [3.8, 4) is 0 Å². The van der Waals surface area contributed by atoms with Crippen molar-refractivity contribution >= 4 is 5.91 Å².